The van der Waals surface area contributed by atoms with E-state index in [-0.39, 0.29) is 12.0 Å². The van der Waals surface area contributed by atoms with Crippen molar-refractivity contribution in [3.8, 4) is 5.75 Å². The zero-order chi connectivity index (χ0) is 16.3. The molecular weight excluding hydrogens is 288 g/mol. The minimum Gasteiger partial charge on any atom is -0.491 e. The van der Waals surface area contributed by atoms with Crippen LogP contribution in [0.25, 0.3) is 0 Å². The highest BCUT2D eigenvalue weighted by Gasteiger charge is 2.37. The molecule has 0 aromatic heterocycles. The Morgan fingerprint density at radius 3 is 2.65 bits per heavy atom. The molecule has 1 N–H and O–H groups in total. The van der Waals surface area contributed by atoms with Crippen LogP contribution in [0.15, 0.2) is 24.3 Å². The second-order valence-electron chi connectivity index (χ2n) is 7.26. The molecule has 0 atom stereocenters. The fourth-order valence-corrected chi connectivity index (χ4v) is 3.75. The molecule has 2 fully saturated rings. The number of ether oxygens (including phenoxy) is 1. The maximum atomic E-state index is 12.7. The average molecular weight is 316 g/mol. The number of benzene rings is 1. The van der Waals surface area contributed by atoms with E-state index in [0.717, 1.165) is 50.3 Å². The molecule has 1 aromatic rings. The van der Waals surface area contributed by atoms with Gasteiger partial charge in [-0.25, -0.2) is 0 Å². The quantitative estimate of drug-likeness (QED) is 0.928. The summed E-state index contributed by atoms with van der Waals surface area (Å²) >= 11 is 0. The molecule has 4 nitrogen and oxygen atoms in total. The van der Waals surface area contributed by atoms with Gasteiger partial charge in [0.05, 0.1) is 12.5 Å². The summed E-state index contributed by atoms with van der Waals surface area (Å²) in [6, 6.07) is 7.90. The van der Waals surface area contributed by atoms with Crippen LogP contribution in [0.1, 0.15) is 38.7 Å². The number of nitrogens with one attached hydrogen (secondary N) is 1. The average Bonchev–Trinajstić information content (AvgIpc) is 2.97. The number of carbonyl (C=O) groups excluding carboxylic acids is 1. The van der Waals surface area contributed by atoms with Crippen molar-refractivity contribution >= 4 is 5.91 Å². The summed E-state index contributed by atoms with van der Waals surface area (Å²) < 4.78 is 5.83. The van der Waals surface area contributed by atoms with Gasteiger partial charge in [-0.05, 0) is 51.1 Å². The van der Waals surface area contributed by atoms with Crippen molar-refractivity contribution in [3.05, 3.63) is 29.8 Å². The van der Waals surface area contributed by atoms with Crippen molar-refractivity contribution in [3.63, 3.8) is 0 Å². The van der Waals surface area contributed by atoms with Crippen LogP contribution in [-0.2, 0) is 11.2 Å². The molecule has 0 aliphatic carbocycles. The molecule has 2 heterocycles. The van der Waals surface area contributed by atoms with E-state index in [4.69, 9.17) is 4.74 Å². The lowest BCUT2D eigenvalue weighted by Crippen LogP contribution is -2.44. The van der Waals surface area contributed by atoms with Crippen LogP contribution in [-0.4, -0.2) is 43.1 Å². The molecule has 3 rings (SSSR count). The lowest BCUT2D eigenvalue weighted by molar-refractivity contribution is -0.132. The molecule has 2 saturated heterocycles. The third kappa shape index (κ3) is 3.86. The molecule has 4 heteroatoms. The Labute approximate surface area is 139 Å². The van der Waals surface area contributed by atoms with Crippen molar-refractivity contribution in [1.82, 2.24) is 10.2 Å². The molecule has 1 amide bonds. The number of hydrogen-bond acceptors (Lipinski definition) is 3. The zero-order valence-corrected chi connectivity index (χ0v) is 14.3. The van der Waals surface area contributed by atoms with E-state index >= 15 is 0 Å². The summed E-state index contributed by atoms with van der Waals surface area (Å²) in [6.07, 6.45) is 4.09. The van der Waals surface area contributed by atoms with Gasteiger partial charge < -0.3 is 15.0 Å². The fraction of sp³-hybridized carbons (Fsp3) is 0.632. The molecule has 2 aliphatic heterocycles. The van der Waals surface area contributed by atoms with Gasteiger partial charge in [0.25, 0.3) is 0 Å². The molecule has 0 radical (unpaired) electrons. The van der Waals surface area contributed by atoms with Crippen LogP contribution in [0.5, 0.6) is 5.75 Å². The van der Waals surface area contributed by atoms with Crippen LogP contribution in [0.3, 0.4) is 0 Å². The second-order valence-corrected chi connectivity index (χ2v) is 7.26. The van der Waals surface area contributed by atoms with E-state index in [0.29, 0.717) is 11.8 Å². The molecule has 0 saturated carbocycles. The summed E-state index contributed by atoms with van der Waals surface area (Å²) in [6.45, 7) is 8.08. The third-order valence-electron chi connectivity index (χ3n) is 5.19. The van der Waals surface area contributed by atoms with Crippen LogP contribution in [0.2, 0.25) is 0 Å². The van der Waals surface area contributed by atoms with Gasteiger partial charge in [-0.3, -0.25) is 4.79 Å². The minimum atomic E-state index is 0.121. The maximum Gasteiger partial charge on any atom is 0.227 e. The highest BCUT2D eigenvalue weighted by atomic mass is 16.5. The molecule has 1 aromatic carbocycles. The molecule has 126 valence electrons. The van der Waals surface area contributed by atoms with Crippen LogP contribution < -0.4 is 10.1 Å². The standard InChI is InChI=1S/C19H28N2O2/c1-15(2)23-17-6-4-3-5-16(17)13-18(22)21-11-8-19(9-12-21)7-10-20-14-19/h3-6,15,20H,7-14H2,1-2H3. The number of likely N-dealkylation sites (tertiary alicyclic amines) is 1. The minimum absolute atomic E-state index is 0.121. The largest absolute Gasteiger partial charge is 0.491 e. The summed E-state index contributed by atoms with van der Waals surface area (Å²) in [5.74, 6) is 1.06. The first-order valence-electron chi connectivity index (χ1n) is 8.81. The summed E-state index contributed by atoms with van der Waals surface area (Å²) in [5.41, 5.74) is 1.45. The lowest BCUT2D eigenvalue weighted by atomic mass is 9.78. The second kappa shape index (κ2) is 6.91. The van der Waals surface area contributed by atoms with Crippen LogP contribution in [0.4, 0.5) is 0 Å². The Balaban J connectivity index is 1.60. The van der Waals surface area contributed by atoms with Gasteiger partial charge in [-0.15, -0.1) is 0 Å². The molecule has 0 unspecified atom stereocenters. The third-order valence-corrected chi connectivity index (χ3v) is 5.19. The SMILES string of the molecule is CC(C)Oc1ccccc1CC(=O)N1CCC2(CCNC2)CC1. The first kappa shape index (κ1) is 16.3. The van der Waals surface area contributed by atoms with Gasteiger partial charge in [0, 0.05) is 25.2 Å². The Bertz CT molecular complexity index is 540. The predicted octanol–water partition coefficient (Wildman–Crippen LogP) is 2.62. The van der Waals surface area contributed by atoms with Crippen LogP contribution in [0, 0.1) is 5.41 Å². The van der Waals surface area contributed by atoms with Gasteiger partial charge in [0.1, 0.15) is 5.75 Å². The molecule has 23 heavy (non-hydrogen) atoms. The maximum absolute atomic E-state index is 12.7. The van der Waals surface area contributed by atoms with Gasteiger partial charge in [0.15, 0.2) is 0 Å². The number of carbonyl (C=O) groups is 1. The van der Waals surface area contributed by atoms with E-state index in [9.17, 15) is 4.79 Å². The predicted molar refractivity (Wildman–Crippen MR) is 91.6 cm³/mol. The number of hydrogen-bond donors (Lipinski definition) is 1. The van der Waals surface area contributed by atoms with Gasteiger partial charge in [0.2, 0.25) is 5.91 Å². The normalized spacial score (nSPS) is 20.2. The first-order chi connectivity index (χ1) is 11.1. The molecule has 2 aliphatic rings. The van der Waals surface area contributed by atoms with E-state index in [2.05, 4.69) is 5.32 Å². The Kier molecular flexibility index (Phi) is 4.90. The summed E-state index contributed by atoms with van der Waals surface area (Å²) in [7, 11) is 0. The van der Waals surface area contributed by atoms with E-state index < -0.39 is 0 Å². The first-order valence-corrected chi connectivity index (χ1v) is 8.81. The summed E-state index contributed by atoms with van der Waals surface area (Å²) in [5, 5.41) is 3.47. The number of nitrogens with zero attached hydrogens (tertiary/aromatic N) is 1. The highest BCUT2D eigenvalue weighted by Crippen LogP contribution is 2.37. The van der Waals surface area contributed by atoms with Crippen molar-refractivity contribution in [1.29, 1.82) is 0 Å². The van der Waals surface area contributed by atoms with Gasteiger partial charge in [-0.1, -0.05) is 18.2 Å². The molecular formula is C19H28N2O2. The van der Waals surface area contributed by atoms with E-state index in [1.807, 2.05) is 43.0 Å². The van der Waals surface area contributed by atoms with Crippen molar-refractivity contribution in [2.45, 2.75) is 45.6 Å². The van der Waals surface area contributed by atoms with Crippen molar-refractivity contribution < 1.29 is 9.53 Å². The van der Waals surface area contributed by atoms with E-state index in [1.165, 1.54) is 6.42 Å². The van der Waals surface area contributed by atoms with Crippen molar-refractivity contribution in [2.75, 3.05) is 26.2 Å². The topological polar surface area (TPSA) is 41.6 Å². The van der Waals surface area contributed by atoms with Gasteiger partial charge >= 0.3 is 0 Å². The summed E-state index contributed by atoms with van der Waals surface area (Å²) in [4.78, 5) is 14.7. The molecule has 0 bridgehead atoms. The Hall–Kier alpha value is -1.55. The highest BCUT2D eigenvalue weighted by molar-refractivity contribution is 5.79. The lowest BCUT2D eigenvalue weighted by Gasteiger charge is -2.39. The molecule has 1 spiro atoms. The number of para-hydroxylation sites is 1. The Morgan fingerprint density at radius 2 is 2.00 bits per heavy atom. The number of rotatable bonds is 4. The number of amides is 1. The van der Waals surface area contributed by atoms with Gasteiger partial charge in [-0.2, -0.15) is 0 Å². The van der Waals surface area contributed by atoms with Crippen LogP contribution >= 0.6 is 0 Å². The van der Waals surface area contributed by atoms with Crippen molar-refractivity contribution in [2.24, 2.45) is 5.41 Å². The zero-order valence-electron chi connectivity index (χ0n) is 14.3. The Morgan fingerprint density at radius 1 is 1.26 bits per heavy atom. The smallest absolute Gasteiger partial charge is 0.227 e. The fourth-order valence-electron chi connectivity index (χ4n) is 3.75. The van der Waals surface area contributed by atoms with E-state index in [1.54, 1.807) is 0 Å². The monoisotopic (exact) mass is 316 g/mol. The number of piperidine rings is 1.